The van der Waals surface area contributed by atoms with Crippen LogP contribution in [0.4, 0.5) is 35.1 Å². The quantitative estimate of drug-likeness (QED) is 0.131. The highest BCUT2D eigenvalue weighted by Crippen LogP contribution is 2.40. The maximum atomic E-state index is 15.6. The van der Waals surface area contributed by atoms with Crippen molar-refractivity contribution in [2.24, 2.45) is 11.8 Å². The van der Waals surface area contributed by atoms with Crippen molar-refractivity contribution in [3.63, 3.8) is 0 Å². The van der Waals surface area contributed by atoms with Gasteiger partial charge in [-0.2, -0.15) is 26.3 Å². The van der Waals surface area contributed by atoms with Gasteiger partial charge in [-0.25, -0.2) is 8.78 Å². The molecule has 3 heterocycles. The zero-order chi connectivity index (χ0) is 80.9. The largest absolute Gasteiger partial charge is 0.422 e. The summed E-state index contributed by atoms with van der Waals surface area (Å²) in [5, 5.41) is 8.28. The van der Waals surface area contributed by atoms with Crippen molar-refractivity contribution in [2.75, 3.05) is 88.2 Å². The van der Waals surface area contributed by atoms with Crippen LogP contribution >= 0.6 is 0 Å². The fraction of sp³-hybridized carbons (Fsp3) is 0.658. The number of likely N-dealkylation sites (N-methyl/N-ethyl adjacent to an activating group) is 7. The lowest BCUT2D eigenvalue weighted by Gasteiger charge is -2.47. The van der Waals surface area contributed by atoms with Crippen molar-refractivity contribution in [1.29, 1.82) is 0 Å². The van der Waals surface area contributed by atoms with Crippen LogP contribution in [-0.4, -0.2) is 263 Å². The van der Waals surface area contributed by atoms with E-state index >= 15 is 37.5 Å². The second-order valence-corrected chi connectivity index (χ2v) is 29.5. The normalized spacial score (nSPS) is 25.9. The van der Waals surface area contributed by atoms with Crippen LogP contribution in [0.25, 0.3) is 0 Å². The highest BCUT2D eigenvalue weighted by Gasteiger charge is 2.54. The molecular weight excluding hydrogens is 1440 g/mol. The Kier molecular flexibility index (Phi) is 30.3. The molecule has 1 spiro atoms. The van der Waals surface area contributed by atoms with Gasteiger partial charge < -0.3 is 64.8 Å². The highest BCUT2D eigenvalue weighted by atomic mass is 19.4. The first-order valence-electron chi connectivity index (χ1n) is 37.6. The maximum Gasteiger partial charge on any atom is 0.422 e. The molecule has 109 heavy (non-hydrogen) atoms. The fourth-order valence-corrected chi connectivity index (χ4v) is 15.4. The molecule has 2 aliphatic carbocycles. The molecule has 4 fully saturated rings. The maximum absolute atomic E-state index is 15.6. The molecule has 10 atom stereocenters. The lowest BCUT2D eigenvalue weighted by Crippen LogP contribution is -2.68. The molecule has 3 aliphatic heterocycles. The average molecular weight is 1550 g/mol. The van der Waals surface area contributed by atoms with E-state index in [0.717, 1.165) is 65.6 Å². The third-order valence-corrected chi connectivity index (χ3v) is 22.2. The minimum Gasteiger partial charge on any atom is -0.377 e. The second-order valence-electron chi connectivity index (χ2n) is 29.5. The number of nitrogens with zero attached hydrogens (tertiary/aromatic N) is 9. The minimum atomic E-state index is -5.46. The Morgan fingerprint density at radius 3 is 1.83 bits per heavy atom. The summed E-state index contributed by atoms with van der Waals surface area (Å²) in [5.41, 5.74) is -5.24. The summed E-state index contributed by atoms with van der Waals surface area (Å²) in [6, 6.07) is -7.26. The van der Waals surface area contributed by atoms with Crippen molar-refractivity contribution in [3.8, 4) is 0 Å². The minimum absolute atomic E-state index is 0.0366. The van der Waals surface area contributed by atoms with Crippen LogP contribution in [-0.2, 0) is 87.5 Å². The van der Waals surface area contributed by atoms with Crippen molar-refractivity contribution in [1.82, 2.24) is 60.0 Å². The topological polar surface area (TPSA) is 279 Å². The fourth-order valence-electron chi connectivity index (χ4n) is 15.4. The molecule has 2 aromatic rings. The Morgan fingerprint density at radius 1 is 0.651 bits per heavy atom. The van der Waals surface area contributed by atoms with Crippen LogP contribution in [0.3, 0.4) is 0 Å². The van der Waals surface area contributed by atoms with Crippen molar-refractivity contribution in [2.45, 2.75) is 223 Å². The molecular formula is C76H106F8N12O13. The number of hydrogen-bond acceptors (Lipinski definition) is 13. The number of benzene rings is 2. The van der Waals surface area contributed by atoms with Crippen LogP contribution in [0.2, 0.25) is 0 Å². The smallest absolute Gasteiger partial charge is 0.377 e. The molecule has 2 saturated heterocycles. The number of carbonyl (C=O) groups is 12. The van der Waals surface area contributed by atoms with Gasteiger partial charge in [0, 0.05) is 87.9 Å². The molecule has 0 radical (unpaired) electrons. The Hall–Kier alpha value is -8.78. The number of amides is 12. The van der Waals surface area contributed by atoms with Gasteiger partial charge in [0.1, 0.15) is 71.1 Å². The monoisotopic (exact) mass is 1550 g/mol. The zero-order valence-electron chi connectivity index (χ0n) is 64.3. The van der Waals surface area contributed by atoms with E-state index in [1.165, 1.54) is 45.0 Å². The van der Waals surface area contributed by atoms with E-state index in [0.29, 0.717) is 57.1 Å². The SMILES string of the molecule is CCC[C@H]1C(=O)N[C@@H]([C@@H](C)CC)C(=O)N(C)CC(=O)N(C)[C@@H]2C/C=C\CCN(C2=O)[C@@H](Cc2ccc(C(F)(F)F)cc2)C(=O)N(C)CC(=O)N[C@@H](CCc2cc(F)c(C(F)(F)F)c(F)c2)C(=O)N2C[C@H](OCC)C[C@H]2C(=O)NC2(CCC2)C(=O)N(C)[C@@H](C2CCCC2)C(=O)N(C)[C@H](C(=O)N(CC)CC)CC(=O)N1C. The summed E-state index contributed by atoms with van der Waals surface area (Å²) in [4.78, 5) is 191. The number of alkyl halides is 6. The van der Waals surface area contributed by atoms with Crippen LogP contribution in [0.15, 0.2) is 48.6 Å². The third kappa shape index (κ3) is 20.8. The Morgan fingerprint density at radius 2 is 1.28 bits per heavy atom. The van der Waals surface area contributed by atoms with Gasteiger partial charge >= 0.3 is 12.4 Å². The molecule has 0 aromatic heterocycles. The van der Waals surface area contributed by atoms with Gasteiger partial charge in [0.25, 0.3) is 0 Å². The first-order valence-corrected chi connectivity index (χ1v) is 37.6. The molecule has 5 aliphatic rings. The molecule has 33 heteroatoms. The van der Waals surface area contributed by atoms with Gasteiger partial charge in [0.15, 0.2) is 0 Å². The van der Waals surface area contributed by atoms with Gasteiger partial charge in [0.2, 0.25) is 70.9 Å². The summed E-state index contributed by atoms with van der Waals surface area (Å²) in [5.74, 6) is -15.0. The number of rotatable bonds is 15. The first kappa shape index (κ1) is 87.4. The zero-order valence-corrected chi connectivity index (χ0v) is 64.3. The van der Waals surface area contributed by atoms with E-state index < -0.39 is 222 Å². The van der Waals surface area contributed by atoms with E-state index in [9.17, 15) is 55.1 Å². The lowest BCUT2D eigenvalue weighted by molar-refractivity contribution is -0.158. The third-order valence-electron chi connectivity index (χ3n) is 22.2. The van der Waals surface area contributed by atoms with E-state index in [4.69, 9.17) is 4.74 Å². The van der Waals surface area contributed by atoms with E-state index in [1.54, 1.807) is 53.7 Å². The van der Waals surface area contributed by atoms with Crippen LogP contribution in [0.5, 0.6) is 0 Å². The van der Waals surface area contributed by atoms with Gasteiger partial charge in [-0.05, 0) is 132 Å². The Labute approximate surface area is 631 Å². The molecule has 12 amide bonds. The summed E-state index contributed by atoms with van der Waals surface area (Å²) < 4.78 is 120. The van der Waals surface area contributed by atoms with Gasteiger partial charge in [-0.3, -0.25) is 57.5 Å². The predicted octanol–water partition coefficient (Wildman–Crippen LogP) is 6.27. The van der Waals surface area contributed by atoms with E-state index in [-0.39, 0.29) is 76.9 Å². The molecule has 604 valence electrons. The number of ether oxygens (including phenoxy) is 1. The Bertz CT molecular complexity index is 3640. The first-order chi connectivity index (χ1) is 51.3. The molecule has 2 aromatic carbocycles. The van der Waals surface area contributed by atoms with Gasteiger partial charge in [0.05, 0.1) is 31.2 Å². The number of hydrogen-bond donors (Lipinski definition) is 3. The number of carbonyl (C=O) groups excluding carboxylic acids is 12. The summed E-state index contributed by atoms with van der Waals surface area (Å²) in [6.07, 6.45) is -7.04. The van der Waals surface area contributed by atoms with E-state index in [1.807, 2.05) is 0 Å². The predicted molar refractivity (Wildman–Crippen MR) is 383 cm³/mol. The van der Waals surface area contributed by atoms with Crippen LogP contribution in [0, 0.1) is 23.5 Å². The highest BCUT2D eigenvalue weighted by molar-refractivity contribution is 6.01. The van der Waals surface area contributed by atoms with E-state index in [2.05, 4.69) is 16.0 Å². The van der Waals surface area contributed by atoms with Crippen molar-refractivity contribution >= 4 is 70.9 Å². The molecule has 7 rings (SSSR count). The standard InChI is InChI=1S/C76H106F8N12O13/c1-13-24-54-65(100)86-63(45(6)14-2)71(106)89(8)44-61(99)91(10)55-27-19-18-22-36-95(70(55)105)58(39-46-28-31-49(32-29-46)75(79,80)81)68(103)88(7)43-59(97)85-53(33-30-47-37-51(77)62(52(78)38-47)76(82,83)84)67(102)96-42-50(109-17-5)40-56(96)66(101)87-74(34-23-35-74)73(108)93(12)64(48-25-20-21-26-48)72(107)92(11)57(41-60(98)90(54)9)69(104)94(15-3)16-4/h18-19,28-29,31-32,37-38,45,48,50,53-58,63-64H,13-17,20-27,30,33-36,39-44H2,1-12H3,(H,85,97)(H,86,100)(H,87,101)/b19-18-/t45-,50+,53-,54-,55+,56-,57-,58-,63-,64-/m0/s1. The average Bonchev–Trinajstić information content (AvgIpc) is 1.68. The number of fused-ring (bicyclic) bond motifs is 3. The number of halogens is 8. The second kappa shape index (κ2) is 37.8. The summed E-state index contributed by atoms with van der Waals surface area (Å²) >= 11 is 0. The van der Waals surface area contributed by atoms with Gasteiger partial charge in [-0.15, -0.1) is 0 Å². The van der Waals surface area contributed by atoms with Crippen molar-refractivity contribution in [3.05, 3.63) is 82.4 Å². The molecule has 2 saturated carbocycles. The molecule has 25 nitrogen and oxygen atoms in total. The molecule has 3 N–H and O–H groups in total. The van der Waals surface area contributed by atoms with Crippen molar-refractivity contribution < 1.29 is 97.4 Å². The number of nitrogens with one attached hydrogen (secondary N) is 3. The summed E-state index contributed by atoms with van der Waals surface area (Å²) in [7, 11) is 7.86. The van der Waals surface area contributed by atoms with Gasteiger partial charge in [-0.1, -0.05) is 70.7 Å². The Balaban J connectivity index is 1.36. The molecule has 2 bridgehead atoms. The van der Waals surface area contributed by atoms with Crippen LogP contribution < -0.4 is 16.0 Å². The summed E-state index contributed by atoms with van der Waals surface area (Å²) in [6.45, 7) is 8.45. The number of aryl methyl sites for hydroxylation is 1. The van der Waals surface area contributed by atoms with Crippen LogP contribution in [0.1, 0.15) is 160 Å². The lowest BCUT2D eigenvalue weighted by atomic mass is 9.74. The molecule has 0 unspecified atom stereocenters.